The summed E-state index contributed by atoms with van der Waals surface area (Å²) in [6.45, 7) is 8.60. The number of aliphatic hydroxyl groups excluding tert-OH is 1. The van der Waals surface area contributed by atoms with Gasteiger partial charge in [0.05, 0.1) is 6.10 Å². The Morgan fingerprint density at radius 1 is 1.62 bits per heavy atom. The van der Waals surface area contributed by atoms with Crippen LogP contribution in [0.4, 0.5) is 0 Å². The Hall–Kier alpha value is -0.300. The minimum Gasteiger partial charge on any atom is -0.389 e. The van der Waals surface area contributed by atoms with E-state index in [2.05, 4.69) is 20.8 Å². The molecule has 1 heteroatoms. The number of hydrogen-bond donors (Lipinski definition) is 1. The second kappa shape index (κ2) is 3.83. The Labute approximate surface area is 81.9 Å². The normalized spacial score (nSPS) is 28.7. The van der Waals surface area contributed by atoms with Crippen molar-refractivity contribution in [3.8, 4) is 0 Å². The van der Waals surface area contributed by atoms with Gasteiger partial charge in [-0.1, -0.05) is 25.5 Å². The van der Waals surface area contributed by atoms with Gasteiger partial charge in [0.2, 0.25) is 0 Å². The van der Waals surface area contributed by atoms with Gasteiger partial charge in [0.25, 0.3) is 0 Å². The quantitative estimate of drug-likeness (QED) is 0.662. The van der Waals surface area contributed by atoms with E-state index in [4.69, 9.17) is 5.11 Å². The Morgan fingerprint density at radius 2 is 2.15 bits per heavy atom. The van der Waals surface area contributed by atoms with Gasteiger partial charge in [-0.2, -0.15) is 0 Å². The molecule has 13 heavy (non-hydrogen) atoms. The molecule has 2 unspecified atom stereocenters. The Kier molecular flexibility index (Phi) is 3.18. The molecule has 1 fully saturated rings. The van der Waals surface area contributed by atoms with E-state index in [1.807, 2.05) is 13.0 Å². The van der Waals surface area contributed by atoms with E-state index < -0.39 is 0 Å². The predicted molar refractivity (Wildman–Crippen MR) is 56.6 cm³/mol. The van der Waals surface area contributed by atoms with E-state index in [-0.39, 0.29) is 6.10 Å². The van der Waals surface area contributed by atoms with Gasteiger partial charge in [-0.05, 0) is 44.4 Å². The molecule has 0 aromatic rings. The maximum Gasteiger partial charge on any atom is 0.0695 e. The zero-order chi connectivity index (χ0) is 10.1. The van der Waals surface area contributed by atoms with Crippen LogP contribution in [0, 0.1) is 11.3 Å². The van der Waals surface area contributed by atoms with Crippen molar-refractivity contribution in [3.05, 3.63) is 11.6 Å². The fourth-order valence-corrected chi connectivity index (χ4v) is 1.97. The van der Waals surface area contributed by atoms with Gasteiger partial charge in [-0.15, -0.1) is 0 Å². The largest absolute Gasteiger partial charge is 0.389 e. The molecule has 2 atom stereocenters. The third kappa shape index (κ3) is 3.51. The van der Waals surface area contributed by atoms with Crippen molar-refractivity contribution in [1.82, 2.24) is 0 Å². The van der Waals surface area contributed by atoms with Crippen molar-refractivity contribution in [3.63, 3.8) is 0 Å². The molecule has 0 amide bonds. The molecule has 0 bridgehead atoms. The zero-order valence-electron chi connectivity index (χ0n) is 9.30. The minimum atomic E-state index is -0.285. The van der Waals surface area contributed by atoms with Crippen LogP contribution in [0.5, 0.6) is 0 Å². The maximum atomic E-state index is 9.13. The number of rotatable bonds is 4. The van der Waals surface area contributed by atoms with Crippen molar-refractivity contribution in [2.45, 2.75) is 53.1 Å². The number of allylic oxidation sites excluding steroid dienone is 1. The lowest BCUT2D eigenvalue weighted by Crippen LogP contribution is -1.96. The second-order valence-corrected chi connectivity index (χ2v) is 5.18. The number of aliphatic hydroxyl groups is 1. The lowest BCUT2D eigenvalue weighted by Gasteiger charge is -2.04. The number of hydrogen-bond acceptors (Lipinski definition) is 1. The fraction of sp³-hybridized carbons (Fsp3) is 0.833. The smallest absolute Gasteiger partial charge is 0.0695 e. The summed E-state index contributed by atoms with van der Waals surface area (Å²) in [6.07, 6.45) is 5.50. The van der Waals surface area contributed by atoms with Crippen LogP contribution in [0.25, 0.3) is 0 Å². The summed E-state index contributed by atoms with van der Waals surface area (Å²) in [6, 6.07) is 0. The van der Waals surface area contributed by atoms with E-state index in [1.165, 1.54) is 18.4 Å². The van der Waals surface area contributed by atoms with E-state index in [0.717, 1.165) is 12.3 Å². The van der Waals surface area contributed by atoms with Crippen molar-refractivity contribution in [2.24, 2.45) is 11.3 Å². The molecule has 0 saturated heterocycles. The molecule has 76 valence electrons. The lowest BCUT2D eigenvalue weighted by atomic mass is 10.0. The molecule has 0 spiro atoms. The highest BCUT2D eigenvalue weighted by Gasteiger charge is 2.44. The molecule has 0 aromatic heterocycles. The van der Waals surface area contributed by atoms with Crippen LogP contribution >= 0.6 is 0 Å². The van der Waals surface area contributed by atoms with Crippen LogP contribution in [0.15, 0.2) is 11.6 Å². The van der Waals surface area contributed by atoms with Gasteiger partial charge in [-0.3, -0.25) is 0 Å². The highest BCUT2D eigenvalue weighted by atomic mass is 16.3. The predicted octanol–water partition coefficient (Wildman–Crippen LogP) is 3.14. The summed E-state index contributed by atoms with van der Waals surface area (Å²) >= 11 is 0. The molecule has 0 aromatic carbocycles. The van der Waals surface area contributed by atoms with Gasteiger partial charge in [0, 0.05) is 0 Å². The monoisotopic (exact) mass is 182 g/mol. The summed E-state index contributed by atoms with van der Waals surface area (Å²) in [5.74, 6) is 0.921. The van der Waals surface area contributed by atoms with E-state index in [1.54, 1.807) is 0 Å². The molecule has 1 rings (SSSR count). The molecule has 1 saturated carbocycles. The van der Waals surface area contributed by atoms with Crippen molar-refractivity contribution in [1.29, 1.82) is 0 Å². The highest BCUT2D eigenvalue weighted by Crippen LogP contribution is 2.54. The third-order valence-corrected chi connectivity index (χ3v) is 3.13. The molecular formula is C12H22O. The Bertz CT molecular complexity index is 201. The van der Waals surface area contributed by atoms with Gasteiger partial charge in [-0.25, -0.2) is 0 Å². The van der Waals surface area contributed by atoms with Crippen LogP contribution in [0.1, 0.15) is 47.0 Å². The molecule has 1 nitrogen and oxygen atoms in total. The fourth-order valence-electron chi connectivity index (χ4n) is 1.97. The van der Waals surface area contributed by atoms with Crippen molar-refractivity contribution in [2.75, 3.05) is 0 Å². The lowest BCUT2D eigenvalue weighted by molar-refractivity contribution is 0.243. The maximum absolute atomic E-state index is 9.13. The minimum absolute atomic E-state index is 0.285. The first-order valence-corrected chi connectivity index (χ1v) is 5.27. The average Bonchev–Trinajstić information content (AvgIpc) is 2.53. The van der Waals surface area contributed by atoms with Crippen LogP contribution in [0.2, 0.25) is 0 Å². The summed E-state index contributed by atoms with van der Waals surface area (Å²) in [5.41, 5.74) is 1.93. The van der Waals surface area contributed by atoms with Gasteiger partial charge in [0.15, 0.2) is 0 Å². The molecule has 1 N–H and O–H groups in total. The van der Waals surface area contributed by atoms with Crippen LogP contribution in [-0.4, -0.2) is 11.2 Å². The van der Waals surface area contributed by atoms with E-state index in [0.29, 0.717) is 5.41 Å². The molecule has 0 aliphatic heterocycles. The molecule has 0 heterocycles. The second-order valence-electron chi connectivity index (χ2n) is 5.18. The third-order valence-electron chi connectivity index (χ3n) is 3.13. The van der Waals surface area contributed by atoms with Crippen LogP contribution < -0.4 is 0 Å². The topological polar surface area (TPSA) is 20.2 Å². The summed E-state index contributed by atoms with van der Waals surface area (Å²) in [7, 11) is 0. The Morgan fingerprint density at radius 3 is 2.54 bits per heavy atom. The first kappa shape index (κ1) is 10.8. The molecular weight excluding hydrogens is 160 g/mol. The van der Waals surface area contributed by atoms with Crippen molar-refractivity contribution >= 4 is 0 Å². The molecule has 1 aliphatic rings. The standard InChI is InChI=1S/C12H22O/c1-9(7-10(2)13)5-6-11-8-12(11,3)4/h7,10-11,13H,5-6,8H2,1-4H3/b9-7+. The highest BCUT2D eigenvalue weighted by molar-refractivity contribution is 5.03. The van der Waals surface area contributed by atoms with E-state index in [9.17, 15) is 0 Å². The summed E-state index contributed by atoms with van der Waals surface area (Å²) in [4.78, 5) is 0. The summed E-state index contributed by atoms with van der Waals surface area (Å²) in [5, 5.41) is 9.13. The summed E-state index contributed by atoms with van der Waals surface area (Å²) < 4.78 is 0. The first-order valence-electron chi connectivity index (χ1n) is 5.27. The SMILES string of the molecule is C/C(=C\C(C)O)CCC1CC1(C)C. The van der Waals surface area contributed by atoms with Gasteiger partial charge in [0.1, 0.15) is 0 Å². The van der Waals surface area contributed by atoms with Gasteiger partial charge < -0.3 is 5.11 Å². The Balaban J connectivity index is 2.20. The van der Waals surface area contributed by atoms with Crippen LogP contribution in [0.3, 0.4) is 0 Å². The zero-order valence-corrected chi connectivity index (χ0v) is 9.30. The first-order chi connectivity index (χ1) is 5.92. The van der Waals surface area contributed by atoms with Crippen molar-refractivity contribution < 1.29 is 5.11 Å². The molecule has 0 radical (unpaired) electrons. The van der Waals surface area contributed by atoms with Crippen LogP contribution in [-0.2, 0) is 0 Å². The van der Waals surface area contributed by atoms with E-state index >= 15 is 0 Å². The molecule has 1 aliphatic carbocycles. The average molecular weight is 182 g/mol. The van der Waals surface area contributed by atoms with Gasteiger partial charge >= 0.3 is 0 Å².